The zero-order valence-electron chi connectivity index (χ0n) is 12.5. The molecular weight excluding hydrogens is 290 g/mol. The van der Waals surface area contributed by atoms with E-state index < -0.39 is 0 Å². The molecule has 0 fully saturated rings. The summed E-state index contributed by atoms with van der Waals surface area (Å²) in [6, 6.07) is 15.5. The first kappa shape index (κ1) is 13.5. The molecule has 6 nitrogen and oxygen atoms in total. The van der Waals surface area contributed by atoms with Gasteiger partial charge in [0.25, 0.3) is 5.56 Å². The number of aliphatic imine (C=N–C) groups is 1. The van der Waals surface area contributed by atoms with Crippen molar-refractivity contribution in [2.45, 2.75) is 13.1 Å². The third-order valence-electron chi connectivity index (χ3n) is 3.95. The molecule has 3 N–H and O–H groups in total. The Morgan fingerprint density at radius 1 is 1.13 bits per heavy atom. The Bertz CT molecular complexity index is 988. The van der Waals surface area contributed by atoms with Gasteiger partial charge in [0.1, 0.15) is 0 Å². The average Bonchev–Trinajstić information content (AvgIpc) is 2.55. The number of hydrogen-bond acceptors (Lipinski definition) is 5. The molecule has 0 saturated heterocycles. The molecule has 0 radical (unpaired) electrons. The number of nitrogens with zero attached hydrogens (tertiary/aromatic N) is 3. The van der Waals surface area contributed by atoms with E-state index >= 15 is 0 Å². The number of para-hydroxylation sites is 1. The van der Waals surface area contributed by atoms with Crippen molar-refractivity contribution in [3.05, 3.63) is 70.0 Å². The van der Waals surface area contributed by atoms with Crippen molar-refractivity contribution < 1.29 is 0 Å². The summed E-state index contributed by atoms with van der Waals surface area (Å²) in [5.74, 6) is 0.657. The maximum atomic E-state index is 12.2. The molecule has 114 valence electrons. The number of aromatic nitrogens is 2. The van der Waals surface area contributed by atoms with Gasteiger partial charge in [-0.15, -0.1) is 0 Å². The van der Waals surface area contributed by atoms with Crippen molar-refractivity contribution >= 4 is 22.8 Å². The lowest BCUT2D eigenvalue weighted by atomic mass is 10.1. The van der Waals surface area contributed by atoms with Crippen LogP contribution in [0.25, 0.3) is 10.9 Å². The predicted octanol–water partition coefficient (Wildman–Crippen LogP) is 1.99. The highest BCUT2D eigenvalue weighted by molar-refractivity contribution is 5.93. The SMILES string of the molecule is Cc1ccc([C@@H]2N=C(N)Nc3nc(=O)c4ccccc4n32)cc1. The van der Waals surface area contributed by atoms with Crippen LogP contribution in [0.1, 0.15) is 17.3 Å². The van der Waals surface area contributed by atoms with E-state index in [1.54, 1.807) is 6.07 Å². The van der Waals surface area contributed by atoms with Crippen LogP contribution in [0.3, 0.4) is 0 Å². The number of hydrogen-bond donors (Lipinski definition) is 2. The van der Waals surface area contributed by atoms with Gasteiger partial charge in [0, 0.05) is 0 Å². The van der Waals surface area contributed by atoms with Crippen molar-refractivity contribution in [3.63, 3.8) is 0 Å². The summed E-state index contributed by atoms with van der Waals surface area (Å²) >= 11 is 0. The van der Waals surface area contributed by atoms with Gasteiger partial charge in [-0.05, 0) is 24.6 Å². The summed E-state index contributed by atoms with van der Waals surface area (Å²) in [5.41, 5.74) is 8.53. The molecule has 0 spiro atoms. The second-order valence-corrected chi connectivity index (χ2v) is 5.55. The first-order valence-electron chi connectivity index (χ1n) is 7.31. The highest BCUT2D eigenvalue weighted by Gasteiger charge is 2.24. The summed E-state index contributed by atoms with van der Waals surface area (Å²) < 4.78 is 1.90. The van der Waals surface area contributed by atoms with E-state index in [4.69, 9.17) is 5.73 Å². The second-order valence-electron chi connectivity index (χ2n) is 5.55. The first-order valence-corrected chi connectivity index (χ1v) is 7.31. The molecule has 1 aliphatic rings. The quantitative estimate of drug-likeness (QED) is 0.720. The highest BCUT2D eigenvalue weighted by Crippen LogP contribution is 2.29. The third kappa shape index (κ3) is 2.15. The van der Waals surface area contributed by atoms with Crippen LogP contribution in [0.15, 0.2) is 58.3 Å². The van der Waals surface area contributed by atoms with E-state index in [1.807, 2.05) is 54.0 Å². The molecule has 1 aliphatic heterocycles. The number of benzene rings is 2. The fourth-order valence-corrected chi connectivity index (χ4v) is 2.82. The van der Waals surface area contributed by atoms with Gasteiger partial charge >= 0.3 is 0 Å². The molecule has 0 unspecified atom stereocenters. The van der Waals surface area contributed by atoms with Gasteiger partial charge in [-0.3, -0.25) is 14.7 Å². The molecule has 3 aromatic rings. The summed E-state index contributed by atoms with van der Waals surface area (Å²) in [4.78, 5) is 20.8. The maximum absolute atomic E-state index is 12.2. The summed E-state index contributed by atoms with van der Waals surface area (Å²) in [5, 5.41) is 3.44. The Hall–Kier alpha value is -3.15. The highest BCUT2D eigenvalue weighted by atomic mass is 16.1. The maximum Gasteiger partial charge on any atom is 0.282 e. The van der Waals surface area contributed by atoms with Gasteiger partial charge in [-0.1, -0.05) is 42.0 Å². The van der Waals surface area contributed by atoms with Crippen molar-refractivity contribution in [3.8, 4) is 0 Å². The van der Waals surface area contributed by atoms with Gasteiger partial charge in [-0.2, -0.15) is 4.98 Å². The van der Waals surface area contributed by atoms with E-state index in [0.717, 1.165) is 11.1 Å². The Labute approximate surface area is 132 Å². The van der Waals surface area contributed by atoms with Crippen LogP contribution in [-0.2, 0) is 0 Å². The Morgan fingerprint density at radius 3 is 2.65 bits per heavy atom. The largest absolute Gasteiger partial charge is 0.370 e. The standard InChI is InChI=1S/C17H15N5O/c1-10-6-8-11(9-7-10)14-19-16(18)21-17-20-15(23)12-4-2-3-5-13(12)22(14)17/h2-9,14H,1H3,(H3,18,19,20,21,23)/t14-/m1/s1. The van der Waals surface area contributed by atoms with Gasteiger partial charge in [0.2, 0.25) is 5.95 Å². The topological polar surface area (TPSA) is 85.3 Å². The second kappa shape index (κ2) is 4.95. The van der Waals surface area contributed by atoms with Crippen LogP contribution in [0.5, 0.6) is 0 Å². The zero-order chi connectivity index (χ0) is 16.0. The number of anilines is 1. The minimum atomic E-state index is -0.357. The van der Waals surface area contributed by atoms with E-state index in [9.17, 15) is 4.79 Å². The predicted molar refractivity (Wildman–Crippen MR) is 90.6 cm³/mol. The lowest BCUT2D eigenvalue weighted by molar-refractivity contribution is 0.616. The Kier molecular flexibility index (Phi) is 2.90. The lowest BCUT2D eigenvalue weighted by Gasteiger charge is -2.27. The number of rotatable bonds is 1. The first-order chi connectivity index (χ1) is 11.1. The molecule has 23 heavy (non-hydrogen) atoms. The van der Waals surface area contributed by atoms with Gasteiger partial charge in [-0.25, -0.2) is 4.99 Å². The number of guanidine groups is 1. The van der Waals surface area contributed by atoms with Gasteiger partial charge < -0.3 is 5.73 Å². The molecule has 2 aromatic carbocycles. The molecule has 0 amide bonds. The van der Waals surface area contributed by atoms with Gasteiger partial charge in [0.05, 0.1) is 10.9 Å². The minimum absolute atomic E-state index is 0.248. The smallest absolute Gasteiger partial charge is 0.282 e. The normalized spacial score (nSPS) is 16.6. The molecule has 0 bridgehead atoms. The van der Waals surface area contributed by atoms with Crippen LogP contribution >= 0.6 is 0 Å². The average molecular weight is 305 g/mol. The van der Waals surface area contributed by atoms with Crippen LogP contribution < -0.4 is 16.6 Å². The monoisotopic (exact) mass is 305 g/mol. The molecule has 0 aliphatic carbocycles. The summed E-state index contributed by atoms with van der Waals surface area (Å²) in [6.45, 7) is 2.03. The van der Waals surface area contributed by atoms with E-state index in [2.05, 4.69) is 15.3 Å². The van der Waals surface area contributed by atoms with Gasteiger partial charge in [0.15, 0.2) is 12.1 Å². The summed E-state index contributed by atoms with van der Waals surface area (Å²) in [7, 11) is 0. The molecular formula is C17H15N5O. The molecule has 1 aromatic heterocycles. The number of nitrogens with two attached hydrogens (primary N) is 1. The molecule has 1 atom stereocenters. The Balaban J connectivity index is 2.03. The van der Waals surface area contributed by atoms with Crippen molar-refractivity contribution in [2.75, 3.05) is 5.32 Å². The minimum Gasteiger partial charge on any atom is -0.370 e. The van der Waals surface area contributed by atoms with E-state index in [-0.39, 0.29) is 17.7 Å². The van der Waals surface area contributed by atoms with Crippen molar-refractivity contribution in [2.24, 2.45) is 10.7 Å². The fraction of sp³-hybridized carbons (Fsp3) is 0.118. The van der Waals surface area contributed by atoms with Crippen LogP contribution in [-0.4, -0.2) is 15.5 Å². The molecule has 6 heteroatoms. The molecule has 2 heterocycles. The molecule has 0 saturated carbocycles. The van der Waals surface area contributed by atoms with Crippen LogP contribution in [0, 0.1) is 6.92 Å². The zero-order valence-corrected chi connectivity index (χ0v) is 12.5. The van der Waals surface area contributed by atoms with Crippen LogP contribution in [0.4, 0.5) is 5.95 Å². The van der Waals surface area contributed by atoms with Crippen molar-refractivity contribution in [1.29, 1.82) is 0 Å². The lowest BCUT2D eigenvalue weighted by Crippen LogP contribution is -2.34. The van der Waals surface area contributed by atoms with Crippen molar-refractivity contribution in [1.82, 2.24) is 9.55 Å². The molecule has 4 rings (SSSR count). The van der Waals surface area contributed by atoms with Crippen LogP contribution in [0.2, 0.25) is 0 Å². The number of nitrogens with one attached hydrogen (secondary N) is 1. The van der Waals surface area contributed by atoms with E-state index in [0.29, 0.717) is 11.3 Å². The third-order valence-corrected chi connectivity index (χ3v) is 3.95. The fourth-order valence-electron chi connectivity index (χ4n) is 2.82. The van der Waals surface area contributed by atoms with E-state index in [1.165, 1.54) is 5.56 Å². The summed E-state index contributed by atoms with van der Waals surface area (Å²) in [6.07, 6.45) is -0.357. The number of aryl methyl sites for hydroxylation is 1. The number of fused-ring (bicyclic) bond motifs is 3. The Morgan fingerprint density at radius 2 is 1.87 bits per heavy atom.